The first-order chi connectivity index (χ1) is 6.94. The molecule has 2 aromatic rings. The monoisotopic (exact) mass is 234 g/mol. The second kappa shape index (κ2) is 3.41. The van der Waals surface area contributed by atoms with E-state index < -0.39 is 12.6 Å². The molecule has 0 saturated heterocycles. The molecule has 1 heterocycles. The number of benzene rings is 1. The Bertz CT molecular complexity index is 490. The summed E-state index contributed by atoms with van der Waals surface area (Å²) in [5, 5.41) is 0.463. The number of hydrogen-bond donors (Lipinski definition) is 1. The molecule has 0 spiro atoms. The number of fused-ring (bicyclic) bond motifs is 1. The normalized spacial score (nSPS) is 12.3. The maximum atomic E-state index is 12.1. The van der Waals surface area contributed by atoms with Gasteiger partial charge >= 0.3 is 6.18 Å². The maximum Gasteiger partial charge on any atom is 0.396 e. The van der Waals surface area contributed by atoms with Gasteiger partial charge in [0, 0.05) is 5.02 Å². The SMILES string of the molecule is FC(F)(F)Cc1nc2ccc(Cl)cc2[nH]1. The molecule has 0 radical (unpaired) electrons. The maximum absolute atomic E-state index is 12.1. The van der Waals surface area contributed by atoms with E-state index in [1.54, 1.807) is 18.2 Å². The fraction of sp³-hybridized carbons (Fsp3) is 0.222. The fourth-order valence-electron chi connectivity index (χ4n) is 1.31. The van der Waals surface area contributed by atoms with Crippen molar-refractivity contribution < 1.29 is 13.2 Å². The van der Waals surface area contributed by atoms with E-state index in [9.17, 15) is 13.2 Å². The van der Waals surface area contributed by atoms with Crippen LogP contribution in [0.4, 0.5) is 13.2 Å². The number of imidazole rings is 1. The minimum Gasteiger partial charge on any atom is -0.342 e. The van der Waals surface area contributed by atoms with Crippen molar-refractivity contribution in [2.45, 2.75) is 12.6 Å². The van der Waals surface area contributed by atoms with Crippen molar-refractivity contribution in [3.63, 3.8) is 0 Å². The molecule has 80 valence electrons. The van der Waals surface area contributed by atoms with Gasteiger partial charge in [0.2, 0.25) is 0 Å². The van der Waals surface area contributed by atoms with Gasteiger partial charge in [-0.3, -0.25) is 0 Å². The molecule has 1 aromatic carbocycles. The third-order valence-electron chi connectivity index (χ3n) is 1.86. The summed E-state index contributed by atoms with van der Waals surface area (Å²) >= 11 is 5.69. The van der Waals surface area contributed by atoms with Gasteiger partial charge in [-0.05, 0) is 18.2 Å². The molecule has 2 nitrogen and oxygen atoms in total. The summed E-state index contributed by atoms with van der Waals surface area (Å²) in [6.07, 6.45) is -5.31. The molecule has 0 aliphatic heterocycles. The van der Waals surface area contributed by atoms with Crippen LogP contribution < -0.4 is 0 Å². The van der Waals surface area contributed by atoms with Gasteiger partial charge in [0.05, 0.1) is 11.0 Å². The third kappa shape index (κ3) is 2.41. The van der Waals surface area contributed by atoms with Crippen LogP contribution in [0, 0.1) is 0 Å². The van der Waals surface area contributed by atoms with Gasteiger partial charge in [-0.2, -0.15) is 13.2 Å². The molecule has 0 amide bonds. The lowest BCUT2D eigenvalue weighted by Crippen LogP contribution is -2.12. The van der Waals surface area contributed by atoms with E-state index in [2.05, 4.69) is 9.97 Å². The molecule has 0 saturated carbocycles. The number of nitrogens with one attached hydrogen (secondary N) is 1. The lowest BCUT2D eigenvalue weighted by Gasteiger charge is -2.01. The molecule has 1 N–H and O–H groups in total. The highest BCUT2D eigenvalue weighted by molar-refractivity contribution is 6.31. The zero-order valence-corrected chi connectivity index (χ0v) is 8.15. The van der Waals surface area contributed by atoms with Crippen LogP contribution in [0.5, 0.6) is 0 Å². The number of aromatic amines is 1. The van der Waals surface area contributed by atoms with Gasteiger partial charge in [0.25, 0.3) is 0 Å². The molecule has 1 aromatic heterocycles. The van der Waals surface area contributed by atoms with Gasteiger partial charge in [0.1, 0.15) is 12.2 Å². The highest BCUT2D eigenvalue weighted by atomic mass is 35.5. The van der Waals surface area contributed by atoms with Crippen LogP contribution in [0.1, 0.15) is 5.82 Å². The van der Waals surface area contributed by atoms with Crippen molar-refractivity contribution in [1.29, 1.82) is 0 Å². The van der Waals surface area contributed by atoms with Crippen LogP contribution in [0.15, 0.2) is 18.2 Å². The summed E-state index contributed by atoms with van der Waals surface area (Å²) in [4.78, 5) is 6.38. The molecule has 0 unspecified atom stereocenters. The van der Waals surface area contributed by atoms with Gasteiger partial charge in [-0.15, -0.1) is 0 Å². The predicted octanol–water partition coefficient (Wildman–Crippen LogP) is 3.32. The summed E-state index contributed by atoms with van der Waals surface area (Å²) in [5.74, 6) is -0.0974. The topological polar surface area (TPSA) is 28.7 Å². The van der Waals surface area contributed by atoms with E-state index in [0.29, 0.717) is 16.1 Å². The number of H-pyrrole nitrogens is 1. The quantitative estimate of drug-likeness (QED) is 0.806. The second-order valence-electron chi connectivity index (χ2n) is 3.14. The van der Waals surface area contributed by atoms with E-state index in [1.165, 1.54) is 0 Å². The summed E-state index contributed by atoms with van der Waals surface area (Å²) in [6.45, 7) is 0. The Labute approximate surface area is 88.1 Å². The first-order valence-electron chi connectivity index (χ1n) is 4.15. The Hall–Kier alpha value is -1.23. The van der Waals surface area contributed by atoms with E-state index in [-0.39, 0.29) is 5.82 Å². The Balaban J connectivity index is 2.39. The minimum absolute atomic E-state index is 0.0974. The zero-order chi connectivity index (χ0) is 11.1. The number of aromatic nitrogens is 2. The van der Waals surface area contributed by atoms with Crippen molar-refractivity contribution in [3.05, 3.63) is 29.0 Å². The van der Waals surface area contributed by atoms with Crippen LogP contribution in [-0.4, -0.2) is 16.1 Å². The van der Waals surface area contributed by atoms with E-state index >= 15 is 0 Å². The fourth-order valence-corrected chi connectivity index (χ4v) is 1.48. The first-order valence-corrected chi connectivity index (χ1v) is 4.53. The van der Waals surface area contributed by atoms with Crippen LogP contribution in [0.2, 0.25) is 5.02 Å². The third-order valence-corrected chi connectivity index (χ3v) is 2.10. The minimum atomic E-state index is -4.25. The molecular formula is C9H6ClF3N2. The number of rotatable bonds is 1. The van der Waals surface area contributed by atoms with Crippen molar-refractivity contribution in [3.8, 4) is 0 Å². The summed E-state index contributed by atoms with van der Waals surface area (Å²) in [7, 11) is 0. The van der Waals surface area contributed by atoms with Gasteiger partial charge < -0.3 is 4.98 Å². The number of nitrogens with zero attached hydrogens (tertiary/aromatic N) is 1. The van der Waals surface area contributed by atoms with Gasteiger partial charge in [0.15, 0.2) is 0 Å². The number of halogens is 4. The number of alkyl halides is 3. The van der Waals surface area contributed by atoms with Gasteiger partial charge in [-0.1, -0.05) is 11.6 Å². The van der Waals surface area contributed by atoms with Crippen LogP contribution in [-0.2, 0) is 6.42 Å². The highest BCUT2D eigenvalue weighted by Gasteiger charge is 2.29. The summed E-state index contributed by atoms with van der Waals surface area (Å²) < 4.78 is 36.2. The molecule has 15 heavy (non-hydrogen) atoms. The molecule has 0 fully saturated rings. The molecule has 6 heteroatoms. The summed E-state index contributed by atoms with van der Waals surface area (Å²) in [5.41, 5.74) is 1.00. The average Bonchev–Trinajstić information content (AvgIpc) is 2.42. The van der Waals surface area contributed by atoms with Gasteiger partial charge in [-0.25, -0.2) is 4.98 Å². The lowest BCUT2D eigenvalue weighted by atomic mass is 10.3. The largest absolute Gasteiger partial charge is 0.396 e. The Kier molecular flexibility index (Phi) is 2.34. The average molecular weight is 235 g/mol. The van der Waals surface area contributed by atoms with E-state index in [1.807, 2.05) is 0 Å². The molecular weight excluding hydrogens is 229 g/mol. The molecule has 2 rings (SSSR count). The number of hydrogen-bond acceptors (Lipinski definition) is 1. The van der Waals surface area contributed by atoms with Crippen molar-refractivity contribution in [2.24, 2.45) is 0 Å². The molecule has 0 aliphatic rings. The molecule has 0 atom stereocenters. The second-order valence-corrected chi connectivity index (χ2v) is 3.57. The standard InChI is InChI=1S/C9H6ClF3N2/c10-5-1-2-6-7(3-5)15-8(14-6)4-9(11,12)13/h1-3H,4H2,(H,14,15). The van der Waals surface area contributed by atoms with Crippen LogP contribution in [0.25, 0.3) is 11.0 Å². The van der Waals surface area contributed by atoms with E-state index in [0.717, 1.165) is 0 Å². The first kappa shape index (κ1) is 10.3. The Morgan fingerprint density at radius 3 is 2.73 bits per heavy atom. The van der Waals surface area contributed by atoms with Crippen LogP contribution >= 0.6 is 11.6 Å². The molecule has 0 aliphatic carbocycles. The highest BCUT2D eigenvalue weighted by Crippen LogP contribution is 2.22. The lowest BCUT2D eigenvalue weighted by molar-refractivity contribution is -0.128. The van der Waals surface area contributed by atoms with Crippen molar-refractivity contribution in [2.75, 3.05) is 0 Å². The Morgan fingerprint density at radius 2 is 2.07 bits per heavy atom. The predicted molar refractivity (Wildman–Crippen MR) is 50.9 cm³/mol. The summed E-state index contributed by atoms with van der Waals surface area (Å²) in [6, 6.07) is 4.71. The molecule has 0 bridgehead atoms. The van der Waals surface area contributed by atoms with Crippen molar-refractivity contribution in [1.82, 2.24) is 9.97 Å². The van der Waals surface area contributed by atoms with Crippen LogP contribution in [0.3, 0.4) is 0 Å². The Morgan fingerprint density at radius 1 is 1.33 bits per heavy atom. The zero-order valence-electron chi connectivity index (χ0n) is 7.40. The smallest absolute Gasteiger partial charge is 0.342 e. The van der Waals surface area contributed by atoms with Crippen molar-refractivity contribution >= 4 is 22.6 Å². The van der Waals surface area contributed by atoms with E-state index in [4.69, 9.17) is 11.6 Å².